The van der Waals surface area contributed by atoms with Gasteiger partial charge in [0.2, 0.25) is 0 Å². The van der Waals surface area contributed by atoms with Gasteiger partial charge in [0.05, 0.1) is 18.0 Å². The summed E-state index contributed by atoms with van der Waals surface area (Å²) in [7, 11) is 0. The van der Waals surface area contributed by atoms with Crippen LogP contribution in [0.1, 0.15) is 51.9 Å². The van der Waals surface area contributed by atoms with Crippen LogP contribution in [-0.4, -0.2) is 29.1 Å². The number of nitrogens with zero attached hydrogens (tertiary/aromatic N) is 2. The molecule has 1 heterocycles. The third kappa shape index (κ3) is 5.45. The summed E-state index contributed by atoms with van der Waals surface area (Å²) in [4.78, 5) is 35.1. The monoisotopic (exact) mass is 298 g/mol. The highest BCUT2D eigenvalue weighted by Crippen LogP contribution is 2.30. The zero-order valence-corrected chi connectivity index (χ0v) is 12.8. The summed E-state index contributed by atoms with van der Waals surface area (Å²) in [6.45, 7) is 2.24. The largest absolute Gasteiger partial charge is 0.293 e. The van der Waals surface area contributed by atoms with E-state index < -0.39 is 0 Å². The molecule has 1 aliphatic rings. The minimum absolute atomic E-state index is 0.0389. The predicted octanol–water partition coefficient (Wildman–Crippen LogP) is 4.08. The van der Waals surface area contributed by atoms with Gasteiger partial charge in [-0.3, -0.25) is 14.5 Å². The van der Waals surface area contributed by atoms with E-state index in [1.807, 2.05) is 6.08 Å². The number of rotatable bonds is 10. The molecule has 0 N–H and O–H groups in total. The maximum absolute atomic E-state index is 11.9. The van der Waals surface area contributed by atoms with Gasteiger partial charge in [-0.05, 0) is 24.6 Å². The molecular formula is C14H22N2O3S. The Bertz CT molecular complexity index is 383. The summed E-state index contributed by atoms with van der Waals surface area (Å²) in [6, 6.07) is 0. The van der Waals surface area contributed by atoms with Gasteiger partial charge in [-0.1, -0.05) is 50.3 Å². The fourth-order valence-corrected chi connectivity index (χ4v) is 2.90. The van der Waals surface area contributed by atoms with E-state index in [0.717, 1.165) is 35.9 Å². The summed E-state index contributed by atoms with van der Waals surface area (Å²) in [5.41, 5.74) is 0. The van der Waals surface area contributed by atoms with Crippen molar-refractivity contribution in [1.82, 2.24) is 4.90 Å². The lowest BCUT2D eigenvalue weighted by Crippen LogP contribution is -2.30. The molecule has 0 radical (unpaired) electrons. The van der Waals surface area contributed by atoms with Gasteiger partial charge in [-0.25, -0.2) is 0 Å². The molecule has 1 fully saturated rings. The highest BCUT2D eigenvalue weighted by atomic mass is 32.2. The summed E-state index contributed by atoms with van der Waals surface area (Å²) in [5.74, 6) is -0.283. The number of imide groups is 1. The predicted molar refractivity (Wildman–Crippen MR) is 81.4 cm³/mol. The molecular weight excluding hydrogens is 276 g/mol. The van der Waals surface area contributed by atoms with E-state index >= 15 is 0 Å². The van der Waals surface area contributed by atoms with Crippen LogP contribution in [0, 0.1) is 4.91 Å². The summed E-state index contributed by atoms with van der Waals surface area (Å²) < 4.78 is 0. The fraction of sp³-hybridized carbons (Fsp3) is 0.714. The zero-order valence-electron chi connectivity index (χ0n) is 12.0. The van der Waals surface area contributed by atoms with Crippen molar-refractivity contribution < 1.29 is 9.59 Å². The summed E-state index contributed by atoms with van der Waals surface area (Å²) in [5, 5.41) is 2.38. The Morgan fingerprint density at radius 1 is 1.15 bits per heavy atom. The van der Waals surface area contributed by atoms with E-state index in [1.54, 1.807) is 0 Å². The molecule has 1 rings (SSSR count). The van der Waals surface area contributed by atoms with Gasteiger partial charge in [0.25, 0.3) is 11.1 Å². The molecule has 0 bridgehead atoms. The van der Waals surface area contributed by atoms with Gasteiger partial charge in [-0.2, -0.15) is 4.91 Å². The third-order valence-electron chi connectivity index (χ3n) is 3.18. The van der Waals surface area contributed by atoms with Gasteiger partial charge in [0.1, 0.15) is 0 Å². The second-order valence-electron chi connectivity index (χ2n) is 4.80. The van der Waals surface area contributed by atoms with Crippen LogP contribution in [0.3, 0.4) is 0 Å². The minimum atomic E-state index is -0.298. The Balaban J connectivity index is 2.29. The van der Waals surface area contributed by atoms with Crippen molar-refractivity contribution in [3.63, 3.8) is 0 Å². The minimum Gasteiger partial charge on any atom is -0.268 e. The molecule has 20 heavy (non-hydrogen) atoms. The SMILES string of the molecule is CCCCCCCC/C=C1\SC(=O)N(CCN=O)C1=O. The van der Waals surface area contributed by atoms with Crippen LogP contribution in [0.5, 0.6) is 0 Å². The molecule has 1 aliphatic heterocycles. The van der Waals surface area contributed by atoms with Gasteiger partial charge < -0.3 is 0 Å². The molecule has 0 aromatic rings. The smallest absolute Gasteiger partial charge is 0.268 e. The number of hydrogen-bond donors (Lipinski definition) is 0. The van der Waals surface area contributed by atoms with Crippen LogP contribution in [0.2, 0.25) is 0 Å². The third-order valence-corrected chi connectivity index (χ3v) is 4.13. The van der Waals surface area contributed by atoms with Crippen LogP contribution < -0.4 is 0 Å². The van der Waals surface area contributed by atoms with Crippen molar-refractivity contribution >= 4 is 22.9 Å². The molecule has 0 aliphatic carbocycles. The summed E-state index contributed by atoms with van der Waals surface area (Å²) in [6.07, 6.45) is 9.90. The second-order valence-corrected chi connectivity index (χ2v) is 5.80. The van der Waals surface area contributed by atoms with E-state index in [4.69, 9.17) is 0 Å². The van der Waals surface area contributed by atoms with Crippen molar-refractivity contribution in [2.75, 3.05) is 13.1 Å². The number of nitroso groups, excluding NO2 is 1. The Morgan fingerprint density at radius 2 is 1.85 bits per heavy atom. The average molecular weight is 298 g/mol. The standard InChI is InChI=1S/C14H22N2O3S/c1-2-3-4-5-6-7-8-9-12-13(17)16(11-10-15-19)14(18)20-12/h9H,2-8,10-11H2,1H3/b12-9-. The second kappa shape index (κ2) is 9.69. The van der Waals surface area contributed by atoms with Crippen LogP contribution in [0.4, 0.5) is 4.79 Å². The van der Waals surface area contributed by atoms with Gasteiger partial charge in [-0.15, -0.1) is 0 Å². The molecule has 0 unspecified atom stereocenters. The van der Waals surface area contributed by atoms with Crippen LogP contribution in [0.15, 0.2) is 16.2 Å². The van der Waals surface area contributed by atoms with Crippen molar-refractivity contribution in [2.24, 2.45) is 5.18 Å². The van der Waals surface area contributed by atoms with Crippen LogP contribution in [0.25, 0.3) is 0 Å². The van der Waals surface area contributed by atoms with Gasteiger partial charge in [0, 0.05) is 0 Å². The first kappa shape index (κ1) is 16.9. The molecule has 0 aromatic carbocycles. The van der Waals surface area contributed by atoms with Crippen LogP contribution in [-0.2, 0) is 4.79 Å². The first-order chi connectivity index (χ1) is 9.70. The van der Waals surface area contributed by atoms with E-state index in [9.17, 15) is 14.5 Å². The molecule has 6 heteroatoms. The quantitative estimate of drug-likeness (QED) is 0.346. The number of thioether (sulfide) groups is 1. The topological polar surface area (TPSA) is 66.8 Å². The Kier molecular flexibility index (Phi) is 8.18. The van der Waals surface area contributed by atoms with E-state index in [0.29, 0.717) is 4.91 Å². The Hall–Kier alpha value is -1.17. The number of allylic oxidation sites excluding steroid dienone is 1. The van der Waals surface area contributed by atoms with Crippen molar-refractivity contribution in [3.05, 3.63) is 15.9 Å². The molecule has 0 aromatic heterocycles. The van der Waals surface area contributed by atoms with E-state index in [-0.39, 0.29) is 24.2 Å². The number of amides is 2. The normalized spacial score (nSPS) is 17.2. The highest BCUT2D eigenvalue weighted by Gasteiger charge is 2.34. The average Bonchev–Trinajstić information content (AvgIpc) is 2.70. The zero-order chi connectivity index (χ0) is 14.8. The molecule has 0 atom stereocenters. The maximum Gasteiger partial charge on any atom is 0.293 e. The number of carbonyl (C=O) groups excluding carboxylic acids is 2. The molecule has 1 saturated heterocycles. The summed E-state index contributed by atoms with van der Waals surface area (Å²) >= 11 is 0.959. The van der Waals surface area contributed by atoms with E-state index in [2.05, 4.69) is 12.1 Å². The lowest BCUT2D eigenvalue weighted by atomic mass is 10.1. The molecule has 0 spiro atoms. The molecule has 0 saturated carbocycles. The highest BCUT2D eigenvalue weighted by molar-refractivity contribution is 8.18. The molecule has 5 nitrogen and oxygen atoms in total. The number of carbonyl (C=O) groups is 2. The van der Waals surface area contributed by atoms with Crippen molar-refractivity contribution in [2.45, 2.75) is 51.9 Å². The lowest BCUT2D eigenvalue weighted by Gasteiger charge is -2.08. The van der Waals surface area contributed by atoms with Gasteiger partial charge in [0.15, 0.2) is 0 Å². The molecule has 112 valence electrons. The maximum atomic E-state index is 11.9. The first-order valence-electron chi connectivity index (χ1n) is 7.23. The van der Waals surface area contributed by atoms with Crippen molar-refractivity contribution in [3.8, 4) is 0 Å². The Morgan fingerprint density at radius 3 is 2.55 bits per heavy atom. The Labute approximate surface area is 124 Å². The molecule has 2 amide bonds. The van der Waals surface area contributed by atoms with Crippen molar-refractivity contribution in [1.29, 1.82) is 0 Å². The van der Waals surface area contributed by atoms with Crippen LogP contribution >= 0.6 is 11.8 Å². The van der Waals surface area contributed by atoms with Gasteiger partial charge >= 0.3 is 0 Å². The number of hydrogen-bond acceptors (Lipinski definition) is 5. The van der Waals surface area contributed by atoms with E-state index in [1.165, 1.54) is 25.7 Å². The lowest BCUT2D eigenvalue weighted by molar-refractivity contribution is -0.122. The first-order valence-corrected chi connectivity index (χ1v) is 8.05. The fourth-order valence-electron chi connectivity index (χ4n) is 2.03. The number of unbranched alkanes of at least 4 members (excludes halogenated alkanes) is 6.